The molecule has 1 N–H and O–H groups in total. The van der Waals surface area contributed by atoms with Crippen molar-refractivity contribution in [3.8, 4) is 0 Å². The van der Waals surface area contributed by atoms with Crippen LogP contribution < -0.4 is 5.32 Å². The molecule has 0 saturated carbocycles. The second-order valence-electron chi connectivity index (χ2n) is 8.64. The molecule has 2 aromatic carbocycles. The molecule has 4 nitrogen and oxygen atoms in total. The van der Waals surface area contributed by atoms with Gasteiger partial charge in [0.05, 0.1) is 5.56 Å². The minimum atomic E-state index is -4.44. The highest BCUT2D eigenvalue weighted by Crippen LogP contribution is 2.43. The van der Waals surface area contributed by atoms with Crippen LogP contribution in [0.15, 0.2) is 48.5 Å². The summed E-state index contributed by atoms with van der Waals surface area (Å²) in [6.07, 6.45) is -4.44. The quantitative estimate of drug-likeness (QED) is 0.701. The number of rotatable bonds is 3. The largest absolute Gasteiger partial charge is 0.416 e. The lowest BCUT2D eigenvalue weighted by Gasteiger charge is -2.31. The van der Waals surface area contributed by atoms with Gasteiger partial charge in [0.15, 0.2) is 0 Å². The van der Waals surface area contributed by atoms with Crippen molar-refractivity contribution in [2.45, 2.75) is 50.8 Å². The number of halogens is 3. The number of amides is 2. The summed E-state index contributed by atoms with van der Waals surface area (Å²) in [5.41, 5.74) is 0.738. The first kappa shape index (κ1) is 23.2. The smallest absolute Gasteiger partial charge is 0.350 e. The second kappa shape index (κ2) is 8.57. The minimum absolute atomic E-state index is 0.283. The van der Waals surface area contributed by atoms with E-state index in [0.29, 0.717) is 16.9 Å². The highest BCUT2D eigenvalue weighted by Gasteiger charge is 2.43. The van der Waals surface area contributed by atoms with Crippen LogP contribution in [0.25, 0.3) is 0 Å². The molecular formula is C23H25F3N2O2S. The molecule has 1 heterocycles. The summed E-state index contributed by atoms with van der Waals surface area (Å²) < 4.78 is 38.9. The molecule has 3 rings (SSSR count). The van der Waals surface area contributed by atoms with Crippen molar-refractivity contribution < 1.29 is 22.8 Å². The summed E-state index contributed by atoms with van der Waals surface area (Å²) in [6.45, 7) is 7.47. The van der Waals surface area contributed by atoms with Crippen LogP contribution in [0.5, 0.6) is 0 Å². The van der Waals surface area contributed by atoms with E-state index < -0.39 is 28.7 Å². The summed E-state index contributed by atoms with van der Waals surface area (Å²) in [5.74, 6) is -0.260. The van der Waals surface area contributed by atoms with Crippen LogP contribution in [0.4, 0.5) is 13.2 Å². The van der Waals surface area contributed by atoms with Crippen LogP contribution in [-0.4, -0.2) is 34.0 Å². The molecule has 0 aromatic heterocycles. The summed E-state index contributed by atoms with van der Waals surface area (Å²) in [4.78, 5) is 27.8. The Bertz CT molecular complexity index is 951. The van der Waals surface area contributed by atoms with Crippen molar-refractivity contribution in [1.82, 2.24) is 10.2 Å². The number of carbonyl (C=O) groups is 2. The van der Waals surface area contributed by atoms with E-state index in [4.69, 9.17) is 0 Å². The first-order chi connectivity index (χ1) is 14.4. The van der Waals surface area contributed by atoms with Gasteiger partial charge in [0.25, 0.3) is 5.91 Å². The Kier molecular flexibility index (Phi) is 6.41. The number of benzene rings is 2. The summed E-state index contributed by atoms with van der Waals surface area (Å²) in [6, 6.07) is 11.1. The van der Waals surface area contributed by atoms with Crippen molar-refractivity contribution in [3.05, 3.63) is 70.8 Å². The molecule has 1 fully saturated rings. The van der Waals surface area contributed by atoms with E-state index in [0.717, 1.165) is 17.7 Å². The van der Waals surface area contributed by atoms with Gasteiger partial charge in [-0.05, 0) is 57.5 Å². The van der Waals surface area contributed by atoms with E-state index in [1.807, 2.05) is 39.8 Å². The van der Waals surface area contributed by atoms with Crippen LogP contribution >= 0.6 is 11.8 Å². The van der Waals surface area contributed by atoms with Crippen LogP contribution in [0.2, 0.25) is 0 Å². The maximum Gasteiger partial charge on any atom is 0.416 e. The fourth-order valence-corrected chi connectivity index (χ4v) is 4.78. The number of aryl methyl sites for hydroxylation is 1. The zero-order valence-corrected chi connectivity index (χ0v) is 18.6. The maximum absolute atomic E-state index is 13.4. The molecule has 0 bridgehead atoms. The van der Waals surface area contributed by atoms with Gasteiger partial charge in [-0.1, -0.05) is 29.8 Å². The standard InChI is InChI=1S/C23H25F3N2O2S/c1-14-5-7-15(8-6-14)20(30)28-18(19(29)27-22(2,3)4)13-31-21(28)16-9-11-17(12-10-16)23(24,25)26/h5-12,18,21H,13H2,1-4H3,(H,27,29). The van der Waals surface area contributed by atoms with E-state index in [1.54, 1.807) is 12.1 Å². The van der Waals surface area contributed by atoms with Crippen LogP contribution in [0, 0.1) is 6.92 Å². The zero-order chi connectivity index (χ0) is 23.0. The number of hydrogen-bond acceptors (Lipinski definition) is 3. The van der Waals surface area contributed by atoms with E-state index in [2.05, 4.69) is 5.32 Å². The predicted octanol–water partition coefficient (Wildman–Crippen LogP) is 5.18. The van der Waals surface area contributed by atoms with Crippen molar-refractivity contribution in [1.29, 1.82) is 0 Å². The number of nitrogens with one attached hydrogen (secondary N) is 1. The van der Waals surface area contributed by atoms with Gasteiger partial charge in [0.1, 0.15) is 11.4 Å². The first-order valence-corrected chi connectivity index (χ1v) is 10.9. The Balaban J connectivity index is 1.96. The second-order valence-corrected chi connectivity index (χ2v) is 9.75. The highest BCUT2D eigenvalue weighted by atomic mass is 32.2. The van der Waals surface area contributed by atoms with Crippen molar-refractivity contribution in [2.75, 3.05) is 5.75 Å². The molecule has 0 radical (unpaired) electrons. The molecule has 2 amide bonds. The molecule has 2 aromatic rings. The third kappa shape index (κ3) is 5.42. The van der Waals surface area contributed by atoms with Gasteiger partial charge in [-0.15, -0.1) is 11.8 Å². The van der Waals surface area contributed by atoms with Gasteiger partial charge in [-0.3, -0.25) is 9.59 Å². The average Bonchev–Trinajstić information content (AvgIpc) is 3.11. The zero-order valence-electron chi connectivity index (χ0n) is 17.8. The molecule has 166 valence electrons. The Morgan fingerprint density at radius 1 is 1.00 bits per heavy atom. The van der Waals surface area contributed by atoms with E-state index in [-0.39, 0.29) is 11.8 Å². The fourth-order valence-electron chi connectivity index (χ4n) is 3.35. The lowest BCUT2D eigenvalue weighted by molar-refractivity contribution is -0.137. The molecule has 8 heteroatoms. The Labute approximate surface area is 184 Å². The topological polar surface area (TPSA) is 49.4 Å². The third-order valence-corrected chi connectivity index (χ3v) is 6.18. The molecule has 1 aliphatic rings. The molecule has 1 saturated heterocycles. The molecule has 0 spiro atoms. The Hall–Kier alpha value is -2.48. The Morgan fingerprint density at radius 3 is 2.10 bits per heavy atom. The molecule has 2 unspecified atom stereocenters. The normalized spacial score (nSPS) is 19.4. The number of carbonyl (C=O) groups excluding carboxylic acids is 2. The SMILES string of the molecule is Cc1ccc(C(=O)N2C(C(=O)NC(C)(C)C)CSC2c2ccc(C(F)(F)F)cc2)cc1. The van der Waals surface area contributed by atoms with Gasteiger partial charge in [0.2, 0.25) is 5.91 Å². The van der Waals surface area contributed by atoms with Gasteiger partial charge in [0, 0.05) is 16.9 Å². The van der Waals surface area contributed by atoms with Crippen LogP contribution in [-0.2, 0) is 11.0 Å². The summed E-state index contributed by atoms with van der Waals surface area (Å²) in [7, 11) is 0. The lowest BCUT2D eigenvalue weighted by atomic mass is 10.1. The molecule has 1 aliphatic heterocycles. The van der Waals surface area contributed by atoms with Crippen LogP contribution in [0.3, 0.4) is 0 Å². The number of nitrogens with zero attached hydrogens (tertiary/aromatic N) is 1. The van der Waals surface area contributed by atoms with E-state index in [1.165, 1.54) is 28.8 Å². The van der Waals surface area contributed by atoms with Crippen molar-refractivity contribution in [2.24, 2.45) is 0 Å². The highest BCUT2D eigenvalue weighted by molar-refractivity contribution is 7.99. The van der Waals surface area contributed by atoms with Crippen LogP contribution in [0.1, 0.15) is 53.2 Å². The van der Waals surface area contributed by atoms with Gasteiger partial charge in [-0.25, -0.2) is 0 Å². The van der Waals surface area contributed by atoms with Gasteiger partial charge in [-0.2, -0.15) is 13.2 Å². The molecule has 2 atom stereocenters. The van der Waals surface area contributed by atoms with E-state index >= 15 is 0 Å². The van der Waals surface area contributed by atoms with Gasteiger partial charge >= 0.3 is 6.18 Å². The van der Waals surface area contributed by atoms with Crippen molar-refractivity contribution >= 4 is 23.6 Å². The third-order valence-electron chi connectivity index (χ3n) is 4.86. The Morgan fingerprint density at radius 2 is 1.58 bits per heavy atom. The maximum atomic E-state index is 13.4. The summed E-state index contributed by atoms with van der Waals surface area (Å²) in [5, 5.41) is 2.35. The average molecular weight is 451 g/mol. The fraction of sp³-hybridized carbons (Fsp3) is 0.391. The lowest BCUT2D eigenvalue weighted by Crippen LogP contribution is -2.52. The predicted molar refractivity (Wildman–Crippen MR) is 116 cm³/mol. The van der Waals surface area contributed by atoms with Gasteiger partial charge < -0.3 is 10.2 Å². The summed E-state index contributed by atoms with van der Waals surface area (Å²) >= 11 is 1.37. The van der Waals surface area contributed by atoms with E-state index in [9.17, 15) is 22.8 Å². The minimum Gasteiger partial charge on any atom is -0.350 e. The monoisotopic (exact) mass is 450 g/mol. The molecule has 0 aliphatic carbocycles. The first-order valence-electron chi connectivity index (χ1n) is 9.87. The number of thioether (sulfide) groups is 1. The molecular weight excluding hydrogens is 425 g/mol. The number of hydrogen-bond donors (Lipinski definition) is 1. The number of alkyl halides is 3. The van der Waals surface area contributed by atoms with Crippen molar-refractivity contribution in [3.63, 3.8) is 0 Å². The molecule has 31 heavy (non-hydrogen) atoms.